The molecular formula is C29H39ClSi2Zr. The molecule has 3 aromatic carbocycles. The zero-order valence-corrected chi connectivity index (χ0v) is 27.0. The van der Waals surface area contributed by atoms with Crippen LogP contribution in [0, 0.1) is 12.0 Å². The molecule has 174 valence electrons. The first kappa shape index (κ1) is 30.2. The summed E-state index contributed by atoms with van der Waals surface area (Å²) in [6.45, 7) is 20.5. The molecule has 0 heterocycles. The standard InChI is InChI=1S/C18H19Si.C9H13.C2H6Si.ClH.Zr/c1-19(2,3)16-12-10-15(11-13-16)18-9-5-7-14-6-4-8-17(14)18;1-6-5-7(2)9(4)8(6)3;1-3-2;;/h4-13H,1-3H3;6H,1-4H3;1-2H3;1H;/q2*-1;;;+2. The minimum atomic E-state index is -1.20. The van der Waals surface area contributed by atoms with Crippen molar-refractivity contribution in [1.82, 2.24) is 0 Å². The summed E-state index contributed by atoms with van der Waals surface area (Å²) in [6, 6.07) is 22.2. The van der Waals surface area contributed by atoms with E-state index in [9.17, 15) is 0 Å². The Morgan fingerprint density at radius 2 is 1.52 bits per heavy atom. The van der Waals surface area contributed by atoms with E-state index in [2.05, 4.69) is 127 Å². The molecule has 0 saturated carbocycles. The van der Waals surface area contributed by atoms with E-state index in [0.717, 1.165) is 0 Å². The molecule has 1 aliphatic rings. The molecule has 0 N–H and O–H groups in total. The van der Waals surface area contributed by atoms with Crippen molar-refractivity contribution in [3.63, 3.8) is 0 Å². The first-order chi connectivity index (χ1) is 14.9. The summed E-state index contributed by atoms with van der Waals surface area (Å²) in [5, 5.41) is 4.20. The van der Waals surface area contributed by atoms with E-state index in [1.165, 1.54) is 43.8 Å². The summed E-state index contributed by atoms with van der Waals surface area (Å²) in [6.07, 6.45) is 3.36. The van der Waals surface area contributed by atoms with Crippen molar-refractivity contribution in [1.29, 1.82) is 0 Å². The molecule has 0 amide bonds. The third-order valence-corrected chi connectivity index (χ3v) is 8.04. The van der Waals surface area contributed by atoms with E-state index >= 15 is 0 Å². The average molecular weight is 570 g/mol. The fourth-order valence-electron chi connectivity index (χ4n) is 3.73. The summed E-state index contributed by atoms with van der Waals surface area (Å²) < 4.78 is 0. The predicted molar refractivity (Wildman–Crippen MR) is 153 cm³/mol. The molecule has 0 aromatic heterocycles. The van der Waals surface area contributed by atoms with Crippen molar-refractivity contribution in [2.24, 2.45) is 5.92 Å². The zero-order chi connectivity index (χ0) is 24.1. The van der Waals surface area contributed by atoms with E-state index in [4.69, 9.17) is 0 Å². The van der Waals surface area contributed by atoms with E-state index in [0.29, 0.717) is 5.92 Å². The van der Waals surface area contributed by atoms with Crippen molar-refractivity contribution < 1.29 is 23.3 Å². The molecule has 0 spiro atoms. The van der Waals surface area contributed by atoms with E-state index in [1.807, 2.05) is 0 Å². The quantitative estimate of drug-likeness (QED) is 0.214. The van der Waals surface area contributed by atoms with Crippen LogP contribution >= 0.6 is 12.4 Å². The molecule has 4 rings (SSSR count). The fourth-order valence-corrected chi connectivity index (χ4v) is 4.89. The van der Waals surface area contributed by atoms with Gasteiger partial charge in [-0.1, -0.05) is 87.4 Å². The van der Waals surface area contributed by atoms with E-state index in [-0.39, 0.29) is 17.8 Å². The number of benzene rings is 2. The number of allylic oxidation sites excluding steroid dienone is 4. The molecule has 4 heteroatoms. The van der Waals surface area contributed by atoms with Crippen LogP contribution in [0.2, 0.25) is 32.7 Å². The van der Waals surface area contributed by atoms with Crippen LogP contribution in [-0.2, 0) is 23.3 Å². The molecule has 3 aromatic rings. The third kappa shape index (κ3) is 8.70. The Kier molecular flexibility index (Phi) is 12.1. The van der Waals surface area contributed by atoms with Crippen LogP contribution in [-0.4, -0.2) is 13.5 Å². The molecule has 1 aliphatic carbocycles. The van der Waals surface area contributed by atoms with Crippen molar-refractivity contribution in [3.05, 3.63) is 83.5 Å². The monoisotopic (exact) mass is 568 g/mol. The van der Waals surface area contributed by atoms with Gasteiger partial charge in [-0.15, -0.1) is 48.3 Å². The van der Waals surface area contributed by atoms with Gasteiger partial charge in [-0.25, -0.2) is 5.57 Å². The van der Waals surface area contributed by atoms with Gasteiger partial charge in [0.25, 0.3) is 0 Å². The summed E-state index contributed by atoms with van der Waals surface area (Å²) in [7, 11) is -1.20. The maximum atomic E-state index is 3.36. The Hall–Kier alpha value is -0.863. The topological polar surface area (TPSA) is 0 Å². The smallest absolute Gasteiger partial charge is 0.147 e. The van der Waals surface area contributed by atoms with E-state index in [1.54, 1.807) is 23.3 Å². The van der Waals surface area contributed by atoms with Crippen LogP contribution in [0.5, 0.6) is 0 Å². The molecule has 1 atom stereocenters. The molecule has 0 fully saturated rings. The zero-order valence-electron chi connectivity index (χ0n) is 21.8. The van der Waals surface area contributed by atoms with Crippen molar-refractivity contribution in [3.8, 4) is 11.1 Å². The number of hydrogen-bond acceptors (Lipinski definition) is 0. The Morgan fingerprint density at radius 3 is 1.94 bits per heavy atom. The maximum Gasteiger partial charge on any atom is -0.147 e. The second-order valence-electron chi connectivity index (χ2n) is 9.96. The summed E-state index contributed by atoms with van der Waals surface area (Å²) in [5.74, 6) is 0.560. The van der Waals surface area contributed by atoms with Crippen LogP contribution < -0.4 is 5.19 Å². The SMILES string of the molecule is CC1=[C-]C(C)C(C)=C1C.C[Si](C)(C)c1ccc(-c2cccc3[cH-]ccc23)cc1.C[Si](C)=[Zr+2].Cl. The normalized spacial score (nSPS) is 15.1. The van der Waals surface area contributed by atoms with Gasteiger partial charge >= 0.3 is 41.9 Å². The molecule has 0 nitrogen and oxygen atoms in total. The van der Waals surface area contributed by atoms with E-state index < -0.39 is 8.07 Å². The number of fused-ring (bicyclic) bond motifs is 1. The molecule has 0 aliphatic heterocycles. The van der Waals surface area contributed by atoms with Crippen molar-refractivity contribution in [2.45, 2.75) is 60.4 Å². The maximum absolute atomic E-state index is 3.36. The summed E-state index contributed by atoms with van der Waals surface area (Å²) in [5.41, 5.74) is 7.11. The molecule has 33 heavy (non-hydrogen) atoms. The van der Waals surface area contributed by atoms with Crippen molar-refractivity contribution >= 4 is 41.9 Å². The molecule has 0 bridgehead atoms. The Labute approximate surface area is 224 Å². The third-order valence-electron chi connectivity index (χ3n) is 5.98. The van der Waals surface area contributed by atoms with Gasteiger partial charge in [0.05, 0.1) is 8.07 Å². The Balaban J connectivity index is 0.000000326. The first-order valence-corrected chi connectivity index (χ1v) is 21.2. The van der Waals surface area contributed by atoms with Crippen LogP contribution in [0.1, 0.15) is 27.7 Å². The van der Waals surface area contributed by atoms with Gasteiger partial charge in [0.15, 0.2) is 0 Å². The van der Waals surface area contributed by atoms with Gasteiger partial charge < -0.3 is 0 Å². The number of halogens is 1. The molecule has 0 radical (unpaired) electrons. The summed E-state index contributed by atoms with van der Waals surface area (Å²) in [4.78, 5) is 0. The Bertz CT molecular complexity index is 1120. The summed E-state index contributed by atoms with van der Waals surface area (Å²) >= 11 is 1.74. The molecular weight excluding hydrogens is 531 g/mol. The Morgan fingerprint density at radius 1 is 0.939 bits per heavy atom. The predicted octanol–water partition coefficient (Wildman–Crippen LogP) is 8.70. The van der Waals surface area contributed by atoms with Crippen molar-refractivity contribution in [2.75, 3.05) is 0 Å². The van der Waals surface area contributed by atoms with Gasteiger partial charge in [0, 0.05) is 0 Å². The van der Waals surface area contributed by atoms with Crippen LogP contribution in [0.4, 0.5) is 0 Å². The van der Waals surface area contributed by atoms with Crippen LogP contribution in [0.25, 0.3) is 21.9 Å². The minimum Gasteiger partial charge on any atom is -0.147 e. The number of rotatable bonds is 2. The van der Waals surface area contributed by atoms with Gasteiger partial charge in [-0.3, -0.25) is 6.08 Å². The largest absolute Gasteiger partial charge is 0.147 e. The minimum absolute atomic E-state index is 0. The van der Waals surface area contributed by atoms with Crippen LogP contribution in [0.15, 0.2) is 77.4 Å². The van der Waals surface area contributed by atoms with Gasteiger partial charge in [-0.2, -0.15) is 23.3 Å². The first-order valence-electron chi connectivity index (χ1n) is 11.5. The molecule has 1 unspecified atom stereocenters. The van der Waals surface area contributed by atoms with Gasteiger partial charge in [0.1, 0.15) is 0 Å². The second kappa shape index (κ2) is 13.3. The fraction of sp³-hybridized carbons (Fsp3) is 0.345. The number of hydrogen-bond donors (Lipinski definition) is 0. The van der Waals surface area contributed by atoms with Gasteiger partial charge in [-0.05, 0) is 5.56 Å². The van der Waals surface area contributed by atoms with Gasteiger partial charge in [0.2, 0.25) is 0 Å². The van der Waals surface area contributed by atoms with Crippen LogP contribution in [0.3, 0.4) is 0 Å². The molecule has 0 saturated heterocycles. The second-order valence-corrected chi connectivity index (χ2v) is 24.4. The average Bonchev–Trinajstić information content (AvgIpc) is 3.28.